The van der Waals surface area contributed by atoms with Crippen molar-refractivity contribution in [2.75, 3.05) is 26.7 Å². The Balaban J connectivity index is 1.70. The van der Waals surface area contributed by atoms with Crippen molar-refractivity contribution in [1.82, 2.24) is 10.4 Å². The highest BCUT2D eigenvalue weighted by atomic mass is 32.2. The van der Waals surface area contributed by atoms with Gasteiger partial charge < -0.3 is 9.64 Å². The first kappa shape index (κ1) is 22.3. The lowest BCUT2D eigenvalue weighted by Crippen LogP contribution is -2.57. The summed E-state index contributed by atoms with van der Waals surface area (Å²) in [5, 5.41) is 9.28. The Morgan fingerprint density at radius 2 is 1.73 bits per heavy atom. The third kappa shape index (κ3) is 4.50. The number of sulfone groups is 1. The first-order valence-corrected chi connectivity index (χ1v) is 11.5. The number of hydrogen-bond donors (Lipinski definition) is 2. The van der Waals surface area contributed by atoms with Gasteiger partial charge in [-0.2, -0.15) is 0 Å². The molecule has 0 bridgehead atoms. The van der Waals surface area contributed by atoms with Gasteiger partial charge in [0.25, 0.3) is 5.91 Å². The van der Waals surface area contributed by atoms with Gasteiger partial charge in [-0.25, -0.2) is 13.9 Å². The van der Waals surface area contributed by atoms with Gasteiger partial charge in [-0.15, -0.1) is 0 Å². The van der Waals surface area contributed by atoms with E-state index in [4.69, 9.17) is 4.74 Å². The molecule has 1 aliphatic heterocycles. The van der Waals surface area contributed by atoms with E-state index in [1.165, 1.54) is 24.8 Å². The van der Waals surface area contributed by atoms with Crippen molar-refractivity contribution in [2.45, 2.75) is 35.3 Å². The highest BCUT2D eigenvalue weighted by Gasteiger charge is 2.52. The third-order valence-electron chi connectivity index (χ3n) is 5.85. The number of hydrogen-bond acceptors (Lipinski definition) is 6. The van der Waals surface area contributed by atoms with Crippen LogP contribution in [0.1, 0.15) is 24.8 Å². The van der Waals surface area contributed by atoms with Crippen LogP contribution in [0.25, 0.3) is 0 Å². The molecule has 0 saturated carbocycles. The first-order chi connectivity index (χ1) is 14.4. The van der Waals surface area contributed by atoms with E-state index in [1.54, 1.807) is 17.6 Å². The molecule has 7 nitrogen and oxygen atoms in total. The van der Waals surface area contributed by atoms with Gasteiger partial charge in [0.05, 0.1) is 12.0 Å². The van der Waals surface area contributed by atoms with Crippen LogP contribution in [0.3, 0.4) is 0 Å². The van der Waals surface area contributed by atoms with Crippen LogP contribution in [0, 0.1) is 0 Å². The van der Waals surface area contributed by atoms with E-state index in [-0.39, 0.29) is 17.7 Å². The molecule has 2 aromatic carbocycles. The molecule has 0 unspecified atom stereocenters. The molecule has 3 rings (SSSR count). The summed E-state index contributed by atoms with van der Waals surface area (Å²) >= 11 is 0. The Bertz CT molecular complexity index is 937. The van der Waals surface area contributed by atoms with Gasteiger partial charge in [0, 0.05) is 13.1 Å². The number of rotatable bonds is 8. The molecule has 0 aliphatic carbocycles. The molecule has 2 N–H and O–H groups in total. The largest absolute Gasteiger partial charge is 0.497 e. The smallest absolute Gasteiger partial charge is 0.265 e. The lowest BCUT2D eigenvalue weighted by Gasteiger charge is -2.39. The normalized spacial score (nSPS) is 16.7. The SMILES string of the molecule is COc1ccc(S(=O)(=O)C2(C(=O)NO)CCN(CCCc3ccccc3)CC2)cc1. The first-order valence-electron chi connectivity index (χ1n) is 10.0. The van der Waals surface area contributed by atoms with Crippen molar-refractivity contribution in [3.8, 4) is 5.75 Å². The quantitative estimate of drug-likeness (QED) is 0.491. The lowest BCUT2D eigenvalue weighted by molar-refractivity contribution is -0.133. The van der Waals surface area contributed by atoms with E-state index < -0.39 is 20.5 Å². The van der Waals surface area contributed by atoms with Crippen LogP contribution < -0.4 is 10.2 Å². The molecule has 0 aromatic heterocycles. The van der Waals surface area contributed by atoms with Crippen molar-refractivity contribution >= 4 is 15.7 Å². The summed E-state index contributed by atoms with van der Waals surface area (Å²) in [5.41, 5.74) is 2.86. The molecule has 8 heteroatoms. The number of ether oxygens (including phenoxy) is 1. The predicted molar refractivity (Wildman–Crippen MR) is 113 cm³/mol. The fraction of sp³-hybridized carbons (Fsp3) is 0.409. The number of benzene rings is 2. The zero-order valence-electron chi connectivity index (χ0n) is 17.1. The maximum atomic E-state index is 13.4. The highest BCUT2D eigenvalue weighted by Crippen LogP contribution is 2.36. The Morgan fingerprint density at radius 3 is 2.30 bits per heavy atom. The molecule has 1 saturated heterocycles. The maximum absolute atomic E-state index is 13.4. The lowest BCUT2D eigenvalue weighted by atomic mass is 9.94. The number of carbonyl (C=O) groups is 1. The van der Waals surface area contributed by atoms with E-state index in [2.05, 4.69) is 17.0 Å². The van der Waals surface area contributed by atoms with Crippen LogP contribution in [-0.4, -0.2) is 55.9 Å². The van der Waals surface area contributed by atoms with Crippen LogP contribution in [0.4, 0.5) is 0 Å². The summed E-state index contributed by atoms with van der Waals surface area (Å²) in [7, 11) is -2.50. The standard InChI is InChI=1S/C22H28N2O5S/c1-29-19-9-11-20(12-10-19)30(27,28)22(21(25)23-26)13-16-24(17-14-22)15-5-8-18-6-3-2-4-7-18/h2-4,6-7,9-12,26H,5,8,13-17H2,1H3,(H,23,25). The number of nitrogens with zero attached hydrogens (tertiary/aromatic N) is 1. The molecule has 162 valence electrons. The van der Waals surface area contributed by atoms with E-state index in [1.807, 2.05) is 18.2 Å². The number of piperidine rings is 1. The van der Waals surface area contributed by atoms with Gasteiger partial charge >= 0.3 is 0 Å². The molecule has 0 atom stereocenters. The van der Waals surface area contributed by atoms with E-state index in [0.29, 0.717) is 18.8 Å². The van der Waals surface area contributed by atoms with Gasteiger partial charge in [0.15, 0.2) is 14.6 Å². The van der Waals surface area contributed by atoms with Gasteiger partial charge in [0.1, 0.15) is 5.75 Å². The Morgan fingerprint density at radius 1 is 1.10 bits per heavy atom. The monoisotopic (exact) mass is 432 g/mol. The predicted octanol–water partition coefficient (Wildman–Crippen LogP) is 2.44. The van der Waals surface area contributed by atoms with Crippen molar-refractivity contribution in [3.05, 3.63) is 60.2 Å². The topological polar surface area (TPSA) is 95.9 Å². The Labute approximate surface area is 177 Å². The number of likely N-dealkylation sites (tertiary alicyclic amines) is 1. The van der Waals surface area contributed by atoms with Crippen molar-refractivity contribution in [2.24, 2.45) is 0 Å². The summed E-state index contributed by atoms with van der Waals surface area (Å²) in [6.45, 7) is 1.77. The fourth-order valence-corrected chi connectivity index (χ4v) is 5.94. The van der Waals surface area contributed by atoms with Crippen molar-refractivity contribution < 1.29 is 23.2 Å². The summed E-state index contributed by atoms with van der Waals surface area (Å²) < 4.78 is 30.2. The van der Waals surface area contributed by atoms with Gasteiger partial charge in [0.2, 0.25) is 0 Å². The number of amides is 1. The highest BCUT2D eigenvalue weighted by molar-refractivity contribution is 7.93. The van der Waals surface area contributed by atoms with Crippen LogP contribution in [0.15, 0.2) is 59.5 Å². The minimum atomic E-state index is -4.00. The van der Waals surface area contributed by atoms with Crippen LogP contribution >= 0.6 is 0 Å². The number of methoxy groups -OCH3 is 1. The molecule has 1 amide bonds. The van der Waals surface area contributed by atoms with Gasteiger partial charge in [-0.3, -0.25) is 10.0 Å². The minimum absolute atomic E-state index is 0.0458. The van der Waals surface area contributed by atoms with E-state index in [9.17, 15) is 18.4 Å². The van der Waals surface area contributed by atoms with Gasteiger partial charge in [-0.1, -0.05) is 30.3 Å². The second kappa shape index (κ2) is 9.59. The number of aryl methyl sites for hydroxylation is 1. The maximum Gasteiger partial charge on any atom is 0.265 e. The van der Waals surface area contributed by atoms with Gasteiger partial charge in [-0.05, 0) is 62.1 Å². The molecule has 2 aromatic rings. The Hall–Kier alpha value is -2.42. The molecule has 0 spiro atoms. The number of carbonyl (C=O) groups excluding carboxylic acids is 1. The summed E-state index contributed by atoms with van der Waals surface area (Å²) in [4.78, 5) is 14.8. The molecule has 1 aliphatic rings. The number of nitrogens with one attached hydrogen (secondary N) is 1. The average molecular weight is 433 g/mol. The molecule has 1 fully saturated rings. The molecular formula is C22H28N2O5S. The molecule has 1 heterocycles. The summed E-state index contributed by atoms with van der Waals surface area (Å²) in [6.07, 6.45) is 2.15. The Kier molecular flexibility index (Phi) is 7.12. The van der Waals surface area contributed by atoms with Crippen molar-refractivity contribution in [3.63, 3.8) is 0 Å². The average Bonchev–Trinajstić information content (AvgIpc) is 2.79. The number of hydroxylamine groups is 1. The summed E-state index contributed by atoms with van der Waals surface area (Å²) in [5.74, 6) is -0.343. The second-order valence-electron chi connectivity index (χ2n) is 7.54. The van der Waals surface area contributed by atoms with E-state index in [0.717, 1.165) is 19.4 Å². The van der Waals surface area contributed by atoms with E-state index >= 15 is 0 Å². The molecule has 30 heavy (non-hydrogen) atoms. The zero-order valence-corrected chi connectivity index (χ0v) is 17.9. The second-order valence-corrected chi connectivity index (χ2v) is 9.80. The van der Waals surface area contributed by atoms with Crippen molar-refractivity contribution in [1.29, 1.82) is 0 Å². The molecule has 0 radical (unpaired) electrons. The fourth-order valence-electron chi connectivity index (χ4n) is 3.99. The zero-order chi connectivity index (χ0) is 21.6. The van der Waals surface area contributed by atoms with Crippen LogP contribution in [0.5, 0.6) is 5.75 Å². The molecular weight excluding hydrogens is 404 g/mol. The van der Waals surface area contributed by atoms with Crippen LogP contribution in [0.2, 0.25) is 0 Å². The summed E-state index contributed by atoms with van der Waals surface area (Å²) in [6, 6.07) is 16.2. The minimum Gasteiger partial charge on any atom is -0.497 e. The third-order valence-corrected chi connectivity index (χ3v) is 8.36. The van der Waals surface area contributed by atoms with Crippen LogP contribution in [-0.2, 0) is 21.1 Å².